The van der Waals surface area contributed by atoms with Crippen molar-refractivity contribution in [2.45, 2.75) is 38.1 Å². The molecule has 6 nitrogen and oxygen atoms in total. The Kier molecular flexibility index (Phi) is 4.68. The van der Waals surface area contributed by atoms with Crippen LogP contribution in [-0.2, 0) is 38.6 Å². The number of aliphatic hydroxyl groups excluding tert-OH is 1. The second kappa shape index (κ2) is 7.38. The summed E-state index contributed by atoms with van der Waals surface area (Å²) in [6.45, 7) is 1.40. The first-order valence-electron chi connectivity index (χ1n) is 10.2. The van der Waals surface area contributed by atoms with E-state index in [4.69, 9.17) is 9.47 Å². The smallest absolute Gasteiger partial charge is 0.323 e. The Balaban J connectivity index is 1.44. The van der Waals surface area contributed by atoms with Gasteiger partial charge in [0, 0.05) is 37.1 Å². The van der Waals surface area contributed by atoms with Crippen LogP contribution in [0.25, 0.3) is 11.3 Å². The van der Waals surface area contributed by atoms with E-state index in [1.807, 2.05) is 41.3 Å². The number of fused-ring (bicyclic) bond motifs is 2. The summed E-state index contributed by atoms with van der Waals surface area (Å²) in [5.74, 6) is 0.437. The van der Waals surface area contributed by atoms with Crippen LogP contribution in [0.2, 0.25) is 0 Å². The Labute approximate surface area is 174 Å². The molecule has 2 aliphatic heterocycles. The van der Waals surface area contributed by atoms with Crippen LogP contribution in [0.5, 0.6) is 0 Å². The SMILES string of the molecule is COC(=O)C1CC(O)CN1Cc1ccc2c(c1)CO/C2=C1/C(=O)Cc2ccccc21. The van der Waals surface area contributed by atoms with E-state index in [1.165, 1.54) is 7.11 Å². The maximum absolute atomic E-state index is 12.7. The fourth-order valence-electron chi connectivity index (χ4n) is 4.77. The van der Waals surface area contributed by atoms with Crippen molar-refractivity contribution in [2.75, 3.05) is 13.7 Å². The number of allylic oxidation sites excluding steroid dienone is 1. The van der Waals surface area contributed by atoms with Crippen molar-refractivity contribution in [3.8, 4) is 0 Å². The third kappa shape index (κ3) is 3.13. The van der Waals surface area contributed by atoms with Gasteiger partial charge in [0.1, 0.15) is 18.4 Å². The van der Waals surface area contributed by atoms with Gasteiger partial charge in [0.25, 0.3) is 0 Å². The number of Topliss-reactive ketones (excluding diaryl/α,β-unsaturated/α-hetero) is 1. The average molecular weight is 405 g/mol. The van der Waals surface area contributed by atoms with Gasteiger partial charge in [-0.25, -0.2) is 0 Å². The van der Waals surface area contributed by atoms with Crippen LogP contribution in [0.15, 0.2) is 42.5 Å². The molecule has 0 radical (unpaired) electrons. The number of benzene rings is 2. The summed E-state index contributed by atoms with van der Waals surface area (Å²) in [7, 11) is 1.37. The Bertz CT molecular complexity index is 1070. The second-order valence-corrected chi connectivity index (χ2v) is 8.10. The molecule has 6 heteroatoms. The van der Waals surface area contributed by atoms with E-state index >= 15 is 0 Å². The van der Waals surface area contributed by atoms with E-state index < -0.39 is 12.1 Å². The second-order valence-electron chi connectivity index (χ2n) is 8.10. The molecule has 0 spiro atoms. The van der Waals surface area contributed by atoms with Gasteiger partial charge in [-0.3, -0.25) is 14.5 Å². The number of methoxy groups -OCH3 is 1. The third-order valence-electron chi connectivity index (χ3n) is 6.17. The van der Waals surface area contributed by atoms with Crippen LogP contribution < -0.4 is 0 Å². The number of hydrogen-bond acceptors (Lipinski definition) is 6. The van der Waals surface area contributed by atoms with E-state index in [-0.39, 0.29) is 11.8 Å². The third-order valence-corrected chi connectivity index (χ3v) is 6.17. The van der Waals surface area contributed by atoms with Gasteiger partial charge in [0.05, 0.1) is 18.8 Å². The standard InChI is InChI=1S/C24H23NO5/c1-29-24(28)20-10-17(26)12-25(20)11-14-6-7-19-16(8-14)13-30-23(19)22-18-5-3-2-4-15(18)9-21(22)27/h2-8,17,20,26H,9-13H2,1H3/b23-22+. The Morgan fingerprint density at radius 3 is 2.87 bits per heavy atom. The topological polar surface area (TPSA) is 76.1 Å². The minimum atomic E-state index is -0.531. The van der Waals surface area contributed by atoms with E-state index in [2.05, 4.69) is 6.07 Å². The van der Waals surface area contributed by atoms with Gasteiger partial charge in [0.2, 0.25) is 0 Å². The molecule has 1 fully saturated rings. The molecule has 0 aromatic heterocycles. The van der Waals surface area contributed by atoms with E-state index in [1.54, 1.807) is 0 Å². The van der Waals surface area contributed by atoms with Crippen LogP contribution in [-0.4, -0.2) is 47.6 Å². The van der Waals surface area contributed by atoms with Crippen molar-refractivity contribution in [3.63, 3.8) is 0 Å². The lowest BCUT2D eigenvalue weighted by Gasteiger charge is -2.22. The normalized spacial score (nSPS) is 25.2. The lowest BCUT2D eigenvalue weighted by Crippen LogP contribution is -2.36. The van der Waals surface area contributed by atoms with Crippen molar-refractivity contribution >= 4 is 23.1 Å². The molecule has 2 aromatic carbocycles. The predicted molar refractivity (Wildman–Crippen MR) is 110 cm³/mol. The molecule has 3 aliphatic rings. The molecule has 0 amide bonds. The fourth-order valence-corrected chi connectivity index (χ4v) is 4.77. The molecule has 2 aromatic rings. The summed E-state index contributed by atoms with van der Waals surface area (Å²) in [6, 6.07) is 13.5. The van der Waals surface area contributed by atoms with E-state index in [0.29, 0.717) is 43.9 Å². The lowest BCUT2D eigenvalue weighted by molar-refractivity contribution is -0.146. The molecule has 0 bridgehead atoms. The van der Waals surface area contributed by atoms with Crippen molar-refractivity contribution in [1.82, 2.24) is 4.90 Å². The summed E-state index contributed by atoms with van der Waals surface area (Å²) in [4.78, 5) is 26.7. The Morgan fingerprint density at radius 2 is 2.03 bits per heavy atom. The van der Waals surface area contributed by atoms with Crippen molar-refractivity contribution in [3.05, 3.63) is 70.3 Å². The minimum Gasteiger partial charge on any atom is -0.487 e. The van der Waals surface area contributed by atoms with Gasteiger partial charge < -0.3 is 14.6 Å². The molecule has 2 heterocycles. The molecule has 2 atom stereocenters. The van der Waals surface area contributed by atoms with Crippen LogP contribution >= 0.6 is 0 Å². The summed E-state index contributed by atoms with van der Waals surface area (Å²) < 4.78 is 10.9. The summed E-state index contributed by atoms with van der Waals surface area (Å²) in [5, 5.41) is 10.0. The van der Waals surface area contributed by atoms with E-state index in [9.17, 15) is 14.7 Å². The number of ketones is 1. The number of hydrogen-bond donors (Lipinski definition) is 1. The molecule has 0 saturated carbocycles. The van der Waals surface area contributed by atoms with Crippen molar-refractivity contribution in [2.24, 2.45) is 0 Å². The largest absolute Gasteiger partial charge is 0.487 e. The molecule has 1 aliphatic carbocycles. The quantitative estimate of drug-likeness (QED) is 0.624. The maximum atomic E-state index is 12.7. The lowest BCUT2D eigenvalue weighted by atomic mass is 9.99. The number of β-amino-alcohol motifs (C(OH)–C–C–N with tert-alkyl or cyclic N) is 1. The van der Waals surface area contributed by atoms with Crippen LogP contribution in [0.4, 0.5) is 0 Å². The van der Waals surface area contributed by atoms with Gasteiger partial charge in [-0.1, -0.05) is 42.5 Å². The van der Waals surface area contributed by atoms with Gasteiger partial charge in [-0.05, 0) is 16.7 Å². The summed E-state index contributed by atoms with van der Waals surface area (Å²) in [6.07, 6.45) is 0.271. The summed E-state index contributed by atoms with van der Waals surface area (Å²) in [5.41, 5.74) is 5.68. The predicted octanol–water partition coefficient (Wildman–Crippen LogP) is 2.32. The van der Waals surface area contributed by atoms with Gasteiger partial charge in [-0.15, -0.1) is 0 Å². The van der Waals surface area contributed by atoms with Crippen LogP contribution in [0.1, 0.15) is 34.2 Å². The molecule has 1 N–H and O–H groups in total. The highest BCUT2D eigenvalue weighted by atomic mass is 16.5. The maximum Gasteiger partial charge on any atom is 0.323 e. The first kappa shape index (κ1) is 19.0. The van der Waals surface area contributed by atoms with Crippen LogP contribution in [0.3, 0.4) is 0 Å². The minimum absolute atomic E-state index is 0.0927. The number of carbonyl (C=O) groups is 2. The van der Waals surface area contributed by atoms with E-state index in [0.717, 1.165) is 27.8 Å². The number of esters is 1. The fraction of sp³-hybridized carbons (Fsp3) is 0.333. The first-order chi connectivity index (χ1) is 14.5. The molecule has 30 heavy (non-hydrogen) atoms. The highest BCUT2D eigenvalue weighted by Gasteiger charge is 2.37. The number of carbonyl (C=O) groups excluding carboxylic acids is 2. The van der Waals surface area contributed by atoms with Gasteiger partial charge in [0.15, 0.2) is 5.78 Å². The molecule has 1 saturated heterocycles. The monoisotopic (exact) mass is 405 g/mol. The van der Waals surface area contributed by atoms with Crippen LogP contribution in [0, 0.1) is 0 Å². The molecule has 2 unspecified atom stereocenters. The number of likely N-dealkylation sites (tertiary alicyclic amines) is 1. The Morgan fingerprint density at radius 1 is 1.20 bits per heavy atom. The zero-order valence-electron chi connectivity index (χ0n) is 16.8. The highest BCUT2D eigenvalue weighted by molar-refractivity contribution is 6.31. The summed E-state index contributed by atoms with van der Waals surface area (Å²) >= 11 is 0. The Hall–Kier alpha value is -2.96. The van der Waals surface area contributed by atoms with Gasteiger partial charge >= 0.3 is 5.97 Å². The molecule has 5 rings (SSSR count). The molecule has 154 valence electrons. The van der Waals surface area contributed by atoms with Crippen molar-refractivity contribution in [1.29, 1.82) is 0 Å². The average Bonchev–Trinajstić information content (AvgIpc) is 3.41. The number of rotatable bonds is 3. The van der Waals surface area contributed by atoms with Gasteiger partial charge in [-0.2, -0.15) is 0 Å². The number of aliphatic hydroxyl groups is 1. The van der Waals surface area contributed by atoms with Crippen molar-refractivity contribution < 1.29 is 24.2 Å². The first-order valence-corrected chi connectivity index (χ1v) is 10.2. The number of nitrogens with zero attached hydrogens (tertiary/aromatic N) is 1. The molecular formula is C24H23NO5. The zero-order chi connectivity index (χ0) is 20.8. The highest BCUT2D eigenvalue weighted by Crippen LogP contribution is 2.41. The number of ether oxygens (including phenoxy) is 2. The molecular weight excluding hydrogens is 382 g/mol. The zero-order valence-corrected chi connectivity index (χ0v) is 16.8.